The molecule has 1 heterocycles. The minimum atomic E-state index is -1.31. The molecule has 0 saturated heterocycles. The topological polar surface area (TPSA) is 73.3 Å². The largest absolute Gasteiger partial charge is 0.453 e. The molecule has 2 aromatic rings. The minimum absolute atomic E-state index is 0.0100. The molecule has 0 atom stereocenters. The van der Waals surface area contributed by atoms with Crippen LogP contribution in [0.25, 0.3) is 11.3 Å². The average molecular weight is 253 g/mol. The fraction of sp³-hybridized carbons (Fsp3) is 0. The number of rotatable bonds is 3. The lowest BCUT2D eigenvalue weighted by atomic mass is 10.1. The van der Waals surface area contributed by atoms with E-state index in [1.54, 1.807) is 0 Å². The zero-order chi connectivity index (χ0) is 13.3. The SMILES string of the molecule is O=Cc1ccc(-c2cc(F)c([N+](=O)[O-])c(F)c2)o1. The summed E-state index contributed by atoms with van der Waals surface area (Å²) in [6.45, 7) is 0. The van der Waals surface area contributed by atoms with E-state index in [0.717, 1.165) is 12.1 Å². The van der Waals surface area contributed by atoms with Gasteiger partial charge in [-0.05, 0) is 24.3 Å². The monoisotopic (exact) mass is 253 g/mol. The van der Waals surface area contributed by atoms with Gasteiger partial charge in [-0.2, -0.15) is 8.78 Å². The molecule has 92 valence electrons. The molecule has 18 heavy (non-hydrogen) atoms. The average Bonchev–Trinajstić information content (AvgIpc) is 2.75. The predicted octanol–water partition coefficient (Wildman–Crippen LogP) is 2.95. The molecule has 0 saturated carbocycles. The highest BCUT2D eigenvalue weighted by atomic mass is 19.1. The molecule has 2 rings (SSSR count). The maximum atomic E-state index is 13.3. The number of nitro benzene ring substituents is 1. The van der Waals surface area contributed by atoms with Gasteiger partial charge in [-0.15, -0.1) is 0 Å². The number of carbonyl (C=O) groups excluding carboxylic acids is 1. The molecule has 1 aromatic carbocycles. The van der Waals surface area contributed by atoms with Gasteiger partial charge in [0.15, 0.2) is 12.0 Å². The molecule has 0 aliphatic carbocycles. The van der Waals surface area contributed by atoms with Crippen molar-refractivity contribution >= 4 is 12.0 Å². The van der Waals surface area contributed by atoms with E-state index < -0.39 is 22.2 Å². The molecule has 5 nitrogen and oxygen atoms in total. The number of halogens is 2. The molecular formula is C11H5F2NO4. The normalized spacial score (nSPS) is 10.3. The van der Waals surface area contributed by atoms with Gasteiger partial charge < -0.3 is 4.42 Å². The summed E-state index contributed by atoms with van der Waals surface area (Å²) in [7, 11) is 0. The van der Waals surface area contributed by atoms with Crippen LogP contribution in [-0.4, -0.2) is 11.2 Å². The van der Waals surface area contributed by atoms with Gasteiger partial charge >= 0.3 is 5.69 Å². The minimum Gasteiger partial charge on any atom is -0.453 e. The number of nitrogens with zero attached hydrogens (tertiary/aromatic N) is 1. The number of benzene rings is 1. The molecule has 0 bridgehead atoms. The molecule has 0 aliphatic rings. The zero-order valence-electron chi connectivity index (χ0n) is 8.72. The Balaban J connectivity index is 2.54. The quantitative estimate of drug-likeness (QED) is 0.479. The fourth-order valence-corrected chi connectivity index (χ4v) is 1.45. The van der Waals surface area contributed by atoms with Crippen molar-refractivity contribution in [1.29, 1.82) is 0 Å². The van der Waals surface area contributed by atoms with Crippen molar-refractivity contribution in [2.75, 3.05) is 0 Å². The third-order valence-corrected chi connectivity index (χ3v) is 2.23. The summed E-state index contributed by atoms with van der Waals surface area (Å²) in [5.74, 6) is -2.58. The van der Waals surface area contributed by atoms with E-state index in [4.69, 9.17) is 4.42 Å². The number of hydrogen-bond acceptors (Lipinski definition) is 4. The van der Waals surface area contributed by atoms with Gasteiger partial charge in [0.1, 0.15) is 5.76 Å². The van der Waals surface area contributed by atoms with Crippen LogP contribution in [-0.2, 0) is 0 Å². The number of furan rings is 1. The van der Waals surface area contributed by atoms with Gasteiger partial charge in [0, 0.05) is 5.56 Å². The Morgan fingerprint density at radius 2 is 1.83 bits per heavy atom. The summed E-state index contributed by atoms with van der Waals surface area (Å²) >= 11 is 0. The van der Waals surface area contributed by atoms with Crippen LogP contribution in [0, 0.1) is 21.7 Å². The van der Waals surface area contributed by atoms with E-state index in [2.05, 4.69) is 0 Å². The van der Waals surface area contributed by atoms with Gasteiger partial charge in [-0.1, -0.05) is 0 Å². The van der Waals surface area contributed by atoms with Crippen molar-refractivity contribution in [3.8, 4) is 11.3 Å². The van der Waals surface area contributed by atoms with Crippen molar-refractivity contribution in [1.82, 2.24) is 0 Å². The van der Waals surface area contributed by atoms with Crippen LogP contribution in [0.3, 0.4) is 0 Å². The third-order valence-electron chi connectivity index (χ3n) is 2.23. The van der Waals surface area contributed by atoms with E-state index >= 15 is 0 Å². The molecule has 7 heteroatoms. The second kappa shape index (κ2) is 4.36. The molecular weight excluding hydrogens is 248 g/mol. The van der Waals surface area contributed by atoms with Crippen LogP contribution >= 0.6 is 0 Å². The summed E-state index contributed by atoms with van der Waals surface area (Å²) in [6.07, 6.45) is 0.432. The number of nitro groups is 1. The van der Waals surface area contributed by atoms with Crippen LogP contribution < -0.4 is 0 Å². The Labute approximate surface area is 98.8 Å². The lowest BCUT2D eigenvalue weighted by Crippen LogP contribution is -1.97. The highest BCUT2D eigenvalue weighted by Gasteiger charge is 2.23. The van der Waals surface area contributed by atoms with Crippen molar-refractivity contribution in [3.05, 3.63) is 51.8 Å². The first kappa shape index (κ1) is 11.9. The van der Waals surface area contributed by atoms with Gasteiger partial charge in [0.25, 0.3) is 0 Å². The maximum absolute atomic E-state index is 13.3. The van der Waals surface area contributed by atoms with E-state index in [0.29, 0.717) is 6.29 Å². The number of carbonyl (C=O) groups is 1. The lowest BCUT2D eigenvalue weighted by Gasteiger charge is -2.00. The smallest absolute Gasteiger partial charge is 0.340 e. The summed E-state index contributed by atoms with van der Waals surface area (Å²) < 4.78 is 31.6. The first-order valence-corrected chi connectivity index (χ1v) is 4.71. The van der Waals surface area contributed by atoms with Gasteiger partial charge in [0.05, 0.1) is 4.92 Å². The Morgan fingerprint density at radius 1 is 1.22 bits per heavy atom. The second-order valence-electron chi connectivity index (χ2n) is 3.37. The van der Waals surface area contributed by atoms with Gasteiger partial charge in [-0.3, -0.25) is 14.9 Å². The summed E-state index contributed by atoms with van der Waals surface area (Å²) in [4.78, 5) is 19.6. The molecule has 0 amide bonds. The summed E-state index contributed by atoms with van der Waals surface area (Å²) in [6, 6.07) is 4.20. The van der Waals surface area contributed by atoms with Gasteiger partial charge in [0.2, 0.25) is 11.6 Å². The molecule has 0 N–H and O–H groups in total. The van der Waals surface area contributed by atoms with E-state index in [9.17, 15) is 23.7 Å². The molecule has 0 unspecified atom stereocenters. The molecule has 0 spiro atoms. The van der Waals surface area contributed by atoms with Crippen molar-refractivity contribution < 1.29 is 22.9 Å². The molecule has 1 aromatic heterocycles. The third kappa shape index (κ3) is 1.97. The second-order valence-corrected chi connectivity index (χ2v) is 3.37. The lowest BCUT2D eigenvalue weighted by molar-refractivity contribution is -0.390. The highest BCUT2D eigenvalue weighted by molar-refractivity contribution is 5.73. The Hall–Kier alpha value is -2.57. The number of aldehydes is 1. The van der Waals surface area contributed by atoms with Crippen LogP contribution in [0.1, 0.15) is 10.6 Å². The molecule has 0 aliphatic heterocycles. The van der Waals surface area contributed by atoms with Crippen LogP contribution in [0.4, 0.5) is 14.5 Å². The van der Waals surface area contributed by atoms with Crippen molar-refractivity contribution in [2.45, 2.75) is 0 Å². The zero-order valence-corrected chi connectivity index (χ0v) is 8.72. The Kier molecular flexibility index (Phi) is 2.88. The fourth-order valence-electron chi connectivity index (χ4n) is 1.45. The Morgan fingerprint density at radius 3 is 2.28 bits per heavy atom. The summed E-state index contributed by atoms with van der Waals surface area (Å²) in [5, 5.41) is 10.4. The molecule has 0 radical (unpaired) electrons. The first-order chi connectivity index (χ1) is 8.52. The van der Waals surface area contributed by atoms with Crippen molar-refractivity contribution in [2.24, 2.45) is 0 Å². The predicted molar refractivity (Wildman–Crippen MR) is 56.1 cm³/mol. The summed E-state index contributed by atoms with van der Waals surface area (Å²) in [5.41, 5.74) is -1.25. The van der Waals surface area contributed by atoms with Crippen LogP contribution in [0.15, 0.2) is 28.7 Å². The Bertz CT molecular complexity index is 613. The number of hydrogen-bond donors (Lipinski definition) is 0. The van der Waals surface area contributed by atoms with Crippen LogP contribution in [0.2, 0.25) is 0 Å². The van der Waals surface area contributed by atoms with E-state index in [1.807, 2.05) is 0 Å². The standard InChI is InChI=1S/C11H5F2NO4/c12-8-3-6(4-9(13)11(8)14(16)17)10-2-1-7(5-15)18-10/h1-5H. The molecule has 0 fully saturated rings. The van der Waals surface area contributed by atoms with Gasteiger partial charge in [-0.25, -0.2) is 0 Å². The highest BCUT2D eigenvalue weighted by Crippen LogP contribution is 2.29. The van der Waals surface area contributed by atoms with Crippen LogP contribution in [0.5, 0.6) is 0 Å². The van der Waals surface area contributed by atoms with Crippen molar-refractivity contribution in [3.63, 3.8) is 0 Å². The maximum Gasteiger partial charge on any atom is 0.340 e. The van der Waals surface area contributed by atoms with E-state index in [-0.39, 0.29) is 17.1 Å². The van der Waals surface area contributed by atoms with E-state index in [1.165, 1.54) is 12.1 Å². The first-order valence-electron chi connectivity index (χ1n) is 4.71.